The van der Waals surface area contributed by atoms with Crippen molar-refractivity contribution in [3.63, 3.8) is 0 Å². The standard InChI is InChI=1S/C16H27N3O2/c1-11(2)8-14(20)10-17-16(21)18-13-6-7-15(19(4)5)12(3)9-13/h6-7,9,11,14,20H,8,10H2,1-5H3,(H2,17,18,21). The highest BCUT2D eigenvalue weighted by molar-refractivity contribution is 5.89. The first-order valence-corrected chi connectivity index (χ1v) is 7.30. The molecule has 0 fully saturated rings. The molecule has 0 radical (unpaired) electrons. The zero-order valence-corrected chi connectivity index (χ0v) is 13.6. The van der Waals surface area contributed by atoms with Crippen LogP contribution in [-0.2, 0) is 0 Å². The first-order chi connectivity index (χ1) is 9.79. The third kappa shape index (κ3) is 6.04. The molecule has 1 unspecified atom stereocenters. The lowest BCUT2D eigenvalue weighted by Crippen LogP contribution is -2.35. The van der Waals surface area contributed by atoms with Crippen LogP contribution in [0.25, 0.3) is 0 Å². The van der Waals surface area contributed by atoms with Crippen molar-refractivity contribution in [1.82, 2.24) is 5.32 Å². The summed E-state index contributed by atoms with van der Waals surface area (Å²) in [4.78, 5) is 13.8. The topological polar surface area (TPSA) is 64.6 Å². The average Bonchev–Trinajstić information content (AvgIpc) is 2.35. The van der Waals surface area contributed by atoms with Gasteiger partial charge in [0, 0.05) is 32.0 Å². The van der Waals surface area contributed by atoms with E-state index in [0.717, 1.165) is 16.9 Å². The molecule has 0 aromatic heterocycles. The van der Waals surface area contributed by atoms with Gasteiger partial charge in [0.15, 0.2) is 0 Å². The Kier molecular flexibility index (Phi) is 6.49. The monoisotopic (exact) mass is 293 g/mol. The van der Waals surface area contributed by atoms with Crippen molar-refractivity contribution in [2.24, 2.45) is 5.92 Å². The van der Waals surface area contributed by atoms with Gasteiger partial charge >= 0.3 is 6.03 Å². The average molecular weight is 293 g/mol. The summed E-state index contributed by atoms with van der Waals surface area (Å²) in [7, 11) is 3.97. The second-order valence-corrected chi connectivity index (χ2v) is 6.01. The van der Waals surface area contributed by atoms with Crippen LogP contribution < -0.4 is 15.5 Å². The second kappa shape index (κ2) is 7.88. The van der Waals surface area contributed by atoms with Crippen LogP contribution in [0, 0.1) is 12.8 Å². The number of nitrogens with one attached hydrogen (secondary N) is 2. The molecule has 0 saturated heterocycles. The van der Waals surface area contributed by atoms with Gasteiger partial charge in [-0.15, -0.1) is 0 Å². The maximum atomic E-state index is 11.8. The van der Waals surface area contributed by atoms with Crippen molar-refractivity contribution in [1.29, 1.82) is 0 Å². The van der Waals surface area contributed by atoms with Crippen molar-refractivity contribution >= 4 is 17.4 Å². The van der Waals surface area contributed by atoms with Crippen LogP contribution >= 0.6 is 0 Å². The van der Waals surface area contributed by atoms with Crippen LogP contribution in [0.3, 0.4) is 0 Å². The van der Waals surface area contributed by atoms with Gasteiger partial charge in [-0.25, -0.2) is 4.79 Å². The van der Waals surface area contributed by atoms with Gasteiger partial charge in [0.2, 0.25) is 0 Å². The zero-order valence-electron chi connectivity index (χ0n) is 13.6. The van der Waals surface area contributed by atoms with E-state index in [1.165, 1.54) is 0 Å². The molecule has 3 N–H and O–H groups in total. The summed E-state index contributed by atoms with van der Waals surface area (Å²) in [5, 5.41) is 15.2. The zero-order chi connectivity index (χ0) is 16.0. The van der Waals surface area contributed by atoms with E-state index in [1.807, 2.05) is 58.0 Å². The lowest BCUT2D eigenvalue weighted by Gasteiger charge is -2.17. The van der Waals surface area contributed by atoms with Crippen molar-refractivity contribution in [3.05, 3.63) is 23.8 Å². The molecule has 21 heavy (non-hydrogen) atoms. The number of aliphatic hydroxyl groups excluding tert-OH is 1. The summed E-state index contributed by atoms with van der Waals surface area (Å²) in [5.74, 6) is 0.408. The maximum absolute atomic E-state index is 11.8. The molecule has 5 nitrogen and oxygen atoms in total. The number of nitrogens with zero attached hydrogens (tertiary/aromatic N) is 1. The number of carbonyl (C=O) groups is 1. The van der Waals surface area contributed by atoms with Crippen molar-refractivity contribution in [3.8, 4) is 0 Å². The Morgan fingerprint density at radius 2 is 2.00 bits per heavy atom. The number of urea groups is 1. The van der Waals surface area contributed by atoms with Gasteiger partial charge in [0.05, 0.1) is 6.10 Å². The van der Waals surface area contributed by atoms with Gasteiger partial charge in [0.25, 0.3) is 0 Å². The molecular weight excluding hydrogens is 266 g/mol. The number of benzene rings is 1. The Bertz CT molecular complexity index is 473. The highest BCUT2D eigenvalue weighted by Gasteiger charge is 2.09. The number of rotatable bonds is 6. The second-order valence-electron chi connectivity index (χ2n) is 6.01. The summed E-state index contributed by atoms with van der Waals surface area (Å²) >= 11 is 0. The predicted molar refractivity (Wildman–Crippen MR) is 88.0 cm³/mol. The quantitative estimate of drug-likeness (QED) is 0.755. The predicted octanol–water partition coefficient (Wildman–Crippen LogP) is 2.59. The summed E-state index contributed by atoms with van der Waals surface area (Å²) in [6, 6.07) is 5.47. The molecule has 0 aliphatic carbocycles. The fraction of sp³-hybridized carbons (Fsp3) is 0.562. The van der Waals surface area contributed by atoms with E-state index in [1.54, 1.807) is 0 Å². The van der Waals surface area contributed by atoms with Crippen LogP contribution in [0.15, 0.2) is 18.2 Å². The van der Waals surface area contributed by atoms with E-state index >= 15 is 0 Å². The van der Waals surface area contributed by atoms with E-state index < -0.39 is 6.10 Å². The molecule has 5 heteroatoms. The molecule has 0 aliphatic rings. The largest absolute Gasteiger partial charge is 0.391 e. The van der Waals surface area contributed by atoms with Crippen LogP contribution in [0.1, 0.15) is 25.8 Å². The first-order valence-electron chi connectivity index (χ1n) is 7.30. The maximum Gasteiger partial charge on any atom is 0.319 e. The van der Waals surface area contributed by atoms with Crippen LogP contribution in [0.2, 0.25) is 0 Å². The highest BCUT2D eigenvalue weighted by atomic mass is 16.3. The lowest BCUT2D eigenvalue weighted by atomic mass is 10.1. The minimum atomic E-state index is -0.506. The molecule has 1 aromatic rings. The number of carbonyl (C=O) groups excluding carboxylic acids is 1. The van der Waals surface area contributed by atoms with Gasteiger partial charge < -0.3 is 20.6 Å². The molecule has 1 atom stereocenters. The first kappa shape index (κ1) is 17.3. The number of hydrogen-bond acceptors (Lipinski definition) is 3. The van der Waals surface area contributed by atoms with Crippen LogP contribution in [-0.4, -0.2) is 37.9 Å². The smallest absolute Gasteiger partial charge is 0.319 e. The number of anilines is 2. The minimum absolute atomic E-state index is 0.263. The summed E-state index contributed by atoms with van der Waals surface area (Å²) < 4.78 is 0. The van der Waals surface area contributed by atoms with E-state index in [0.29, 0.717) is 12.3 Å². The Hall–Kier alpha value is -1.75. The Labute approximate surface area is 127 Å². The van der Waals surface area contributed by atoms with Gasteiger partial charge in [-0.05, 0) is 43.0 Å². The van der Waals surface area contributed by atoms with E-state index in [-0.39, 0.29) is 12.6 Å². The lowest BCUT2D eigenvalue weighted by molar-refractivity contribution is 0.148. The molecule has 1 rings (SSSR count). The molecule has 0 aliphatic heterocycles. The molecule has 0 saturated carbocycles. The number of amides is 2. The number of aliphatic hydroxyl groups is 1. The van der Waals surface area contributed by atoms with Gasteiger partial charge in [-0.2, -0.15) is 0 Å². The third-order valence-corrected chi connectivity index (χ3v) is 3.18. The summed E-state index contributed by atoms with van der Waals surface area (Å²) in [6.07, 6.45) is 0.172. The fourth-order valence-electron chi connectivity index (χ4n) is 2.25. The normalized spacial score (nSPS) is 12.1. The fourth-order valence-corrected chi connectivity index (χ4v) is 2.25. The van der Waals surface area contributed by atoms with Crippen molar-refractivity contribution in [2.45, 2.75) is 33.3 Å². The Morgan fingerprint density at radius 1 is 1.33 bits per heavy atom. The minimum Gasteiger partial charge on any atom is -0.391 e. The SMILES string of the molecule is Cc1cc(NC(=O)NCC(O)CC(C)C)ccc1N(C)C. The molecular formula is C16H27N3O2. The van der Waals surface area contributed by atoms with E-state index in [2.05, 4.69) is 10.6 Å². The van der Waals surface area contributed by atoms with Gasteiger partial charge in [-0.1, -0.05) is 13.8 Å². The van der Waals surface area contributed by atoms with E-state index in [4.69, 9.17) is 0 Å². The van der Waals surface area contributed by atoms with E-state index in [9.17, 15) is 9.90 Å². The van der Waals surface area contributed by atoms with Crippen molar-refractivity contribution in [2.75, 3.05) is 30.9 Å². The van der Waals surface area contributed by atoms with Crippen LogP contribution in [0.5, 0.6) is 0 Å². The van der Waals surface area contributed by atoms with Gasteiger partial charge in [-0.3, -0.25) is 0 Å². The molecule has 118 valence electrons. The molecule has 0 spiro atoms. The molecule has 1 aromatic carbocycles. The third-order valence-electron chi connectivity index (χ3n) is 3.18. The number of hydrogen-bond donors (Lipinski definition) is 3. The molecule has 0 heterocycles. The van der Waals surface area contributed by atoms with Crippen LogP contribution in [0.4, 0.5) is 16.2 Å². The Balaban J connectivity index is 2.50. The Morgan fingerprint density at radius 3 is 2.52 bits per heavy atom. The molecule has 0 bridgehead atoms. The summed E-state index contributed by atoms with van der Waals surface area (Å²) in [6.45, 7) is 6.35. The molecule has 2 amide bonds. The van der Waals surface area contributed by atoms with Crippen molar-refractivity contribution < 1.29 is 9.90 Å². The highest BCUT2D eigenvalue weighted by Crippen LogP contribution is 2.21. The summed E-state index contributed by atoms with van der Waals surface area (Å²) in [5.41, 5.74) is 2.96. The van der Waals surface area contributed by atoms with Gasteiger partial charge in [0.1, 0.15) is 0 Å². The number of aryl methyl sites for hydroxylation is 1.